The summed E-state index contributed by atoms with van der Waals surface area (Å²) in [6, 6.07) is 2.84. The third-order valence-corrected chi connectivity index (χ3v) is 3.15. The van der Waals surface area contributed by atoms with Crippen LogP contribution in [0.1, 0.15) is 0 Å². The lowest BCUT2D eigenvalue weighted by Gasteiger charge is -2.02. The van der Waals surface area contributed by atoms with Gasteiger partial charge in [0, 0.05) is 0 Å². The van der Waals surface area contributed by atoms with Crippen molar-refractivity contribution in [3.8, 4) is 0 Å². The van der Waals surface area contributed by atoms with E-state index in [4.69, 9.17) is 21.9 Å². The van der Waals surface area contributed by atoms with Crippen LogP contribution in [-0.2, 0) is 10.1 Å². The van der Waals surface area contributed by atoms with Crippen molar-refractivity contribution in [2.24, 2.45) is 0 Å². The Morgan fingerprint density at radius 1 is 1.47 bits per heavy atom. The maximum Gasteiger partial charge on any atom is 0.297 e. The molecular formula is C7H6ClN3O3S. The highest BCUT2D eigenvalue weighted by molar-refractivity contribution is 7.86. The predicted molar refractivity (Wildman–Crippen MR) is 55.3 cm³/mol. The van der Waals surface area contributed by atoms with Gasteiger partial charge in [-0.15, -0.1) is 0 Å². The molecule has 8 heteroatoms. The van der Waals surface area contributed by atoms with Gasteiger partial charge in [0.05, 0.1) is 16.6 Å². The average Bonchev–Trinajstić information content (AvgIpc) is 2.46. The summed E-state index contributed by atoms with van der Waals surface area (Å²) in [6.07, 6.45) is 0. The van der Waals surface area contributed by atoms with Crippen LogP contribution in [0, 0.1) is 0 Å². The number of hydrogen-bond donors (Lipinski definition) is 3. The molecule has 15 heavy (non-hydrogen) atoms. The minimum absolute atomic E-state index is 0.0184. The fourth-order valence-electron chi connectivity index (χ4n) is 1.34. The van der Waals surface area contributed by atoms with Crippen LogP contribution in [0.3, 0.4) is 0 Å². The van der Waals surface area contributed by atoms with Crippen LogP contribution >= 0.6 is 11.6 Å². The zero-order valence-corrected chi connectivity index (χ0v) is 8.80. The summed E-state index contributed by atoms with van der Waals surface area (Å²) in [4.78, 5) is -0.418. The van der Waals surface area contributed by atoms with E-state index in [1.165, 1.54) is 12.1 Å². The SMILES string of the molecule is Nc1ccc2n[nH]c(Cl)c2c1S(=O)(=O)O. The number of fused-ring (bicyclic) bond motifs is 1. The molecule has 0 amide bonds. The van der Waals surface area contributed by atoms with Gasteiger partial charge in [-0.2, -0.15) is 13.5 Å². The van der Waals surface area contributed by atoms with E-state index in [9.17, 15) is 8.42 Å². The van der Waals surface area contributed by atoms with Crippen LogP contribution in [0.15, 0.2) is 17.0 Å². The van der Waals surface area contributed by atoms with Crippen LogP contribution in [0.5, 0.6) is 0 Å². The molecule has 0 saturated carbocycles. The van der Waals surface area contributed by atoms with E-state index in [1.807, 2.05) is 0 Å². The van der Waals surface area contributed by atoms with Crippen molar-refractivity contribution in [2.45, 2.75) is 4.90 Å². The molecule has 1 aromatic carbocycles. The molecule has 0 atom stereocenters. The van der Waals surface area contributed by atoms with Gasteiger partial charge in [0.25, 0.3) is 10.1 Å². The van der Waals surface area contributed by atoms with E-state index in [-0.39, 0.29) is 16.2 Å². The summed E-state index contributed by atoms with van der Waals surface area (Å²) in [5.41, 5.74) is 5.71. The van der Waals surface area contributed by atoms with Crippen molar-refractivity contribution in [3.05, 3.63) is 17.3 Å². The number of hydrogen-bond acceptors (Lipinski definition) is 4. The molecule has 0 bridgehead atoms. The van der Waals surface area contributed by atoms with Gasteiger partial charge in [-0.05, 0) is 12.1 Å². The van der Waals surface area contributed by atoms with Crippen LogP contribution < -0.4 is 5.73 Å². The van der Waals surface area contributed by atoms with Crippen molar-refractivity contribution in [3.63, 3.8) is 0 Å². The zero-order valence-electron chi connectivity index (χ0n) is 7.23. The third-order valence-electron chi connectivity index (χ3n) is 1.92. The van der Waals surface area contributed by atoms with Gasteiger partial charge in [-0.3, -0.25) is 9.65 Å². The number of rotatable bonds is 1. The maximum atomic E-state index is 11.1. The normalized spacial score (nSPS) is 12.1. The third kappa shape index (κ3) is 1.54. The standard InChI is InChI=1S/C7H6ClN3O3S/c8-7-5-4(10-11-7)2-1-3(9)6(5)15(12,13)14/h1-2H,9H2,(H,10,11)(H,12,13,14). The summed E-state index contributed by atoms with van der Waals surface area (Å²) < 4.78 is 31.2. The Balaban J connectivity index is 3.04. The summed E-state index contributed by atoms with van der Waals surface area (Å²) >= 11 is 5.71. The van der Waals surface area contributed by atoms with Crippen molar-refractivity contribution >= 4 is 38.3 Å². The smallest absolute Gasteiger partial charge is 0.297 e. The van der Waals surface area contributed by atoms with E-state index in [1.54, 1.807) is 0 Å². The molecule has 0 aliphatic carbocycles. The first-order valence-electron chi connectivity index (χ1n) is 3.81. The molecule has 2 rings (SSSR count). The van der Waals surface area contributed by atoms with Crippen molar-refractivity contribution in [2.75, 3.05) is 5.73 Å². The van der Waals surface area contributed by atoms with Gasteiger partial charge in [0.15, 0.2) is 0 Å². The highest BCUT2D eigenvalue weighted by Gasteiger charge is 2.21. The molecule has 6 nitrogen and oxygen atoms in total. The van der Waals surface area contributed by atoms with Gasteiger partial charge in [0.1, 0.15) is 10.0 Å². The number of aromatic amines is 1. The highest BCUT2D eigenvalue weighted by atomic mass is 35.5. The Hall–Kier alpha value is -1.31. The second-order valence-electron chi connectivity index (χ2n) is 2.89. The Morgan fingerprint density at radius 2 is 2.13 bits per heavy atom. The van der Waals surface area contributed by atoms with E-state index < -0.39 is 15.0 Å². The Kier molecular flexibility index (Phi) is 2.10. The molecule has 0 radical (unpaired) electrons. The number of aromatic nitrogens is 2. The summed E-state index contributed by atoms with van der Waals surface area (Å²) in [6.45, 7) is 0. The van der Waals surface area contributed by atoms with Crippen molar-refractivity contribution < 1.29 is 13.0 Å². The molecule has 4 N–H and O–H groups in total. The number of anilines is 1. The van der Waals surface area contributed by atoms with Crippen molar-refractivity contribution in [1.82, 2.24) is 10.2 Å². The minimum Gasteiger partial charge on any atom is -0.398 e. The molecule has 80 valence electrons. The first-order valence-corrected chi connectivity index (χ1v) is 5.62. The van der Waals surface area contributed by atoms with E-state index in [2.05, 4.69) is 10.2 Å². The Labute approximate surface area is 89.8 Å². The Bertz CT molecular complexity index is 634. The van der Waals surface area contributed by atoms with Crippen LogP contribution in [0.25, 0.3) is 10.9 Å². The highest BCUT2D eigenvalue weighted by Crippen LogP contribution is 2.31. The van der Waals surface area contributed by atoms with E-state index in [0.717, 1.165) is 0 Å². The molecule has 1 aromatic heterocycles. The average molecular weight is 248 g/mol. The summed E-state index contributed by atoms with van der Waals surface area (Å²) in [5.74, 6) is 0. The first kappa shape index (κ1) is 10.2. The second-order valence-corrected chi connectivity index (χ2v) is 4.63. The molecule has 0 aliphatic heterocycles. The number of nitrogens with zero attached hydrogens (tertiary/aromatic N) is 1. The minimum atomic E-state index is -4.42. The molecule has 0 unspecified atom stereocenters. The number of H-pyrrole nitrogens is 1. The molecule has 0 fully saturated rings. The van der Waals surface area contributed by atoms with Gasteiger partial charge >= 0.3 is 0 Å². The fourth-order valence-corrected chi connectivity index (χ4v) is 2.46. The van der Waals surface area contributed by atoms with E-state index >= 15 is 0 Å². The lowest BCUT2D eigenvalue weighted by atomic mass is 10.2. The predicted octanol–water partition coefficient (Wildman–Crippen LogP) is 1.05. The largest absolute Gasteiger partial charge is 0.398 e. The quantitative estimate of drug-likeness (QED) is 0.515. The van der Waals surface area contributed by atoms with Gasteiger partial charge in [-0.25, -0.2) is 0 Å². The lowest BCUT2D eigenvalue weighted by molar-refractivity contribution is 0.484. The van der Waals surface area contributed by atoms with Gasteiger partial charge in [0.2, 0.25) is 0 Å². The molecule has 1 heterocycles. The number of benzene rings is 1. The second kappa shape index (κ2) is 3.09. The number of nitrogen functional groups attached to an aromatic ring is 1. The Morgan fingerprint density at radius 3 is 2.73 bits per heavy atom. The van der Waals surface area contributed by atoms with Crippen LogP contribution in [0.4, 0.5) is 5.69 Å². The lowest BCUT2D eigenvalue weighted by Crippen LogP contribution is -2.03. The summed E-state index contributed by atoms with van der Waals surface area (Å²) in [7, 11) is -4.42. The van der Waals surface area contributed by atoms with Crippen LogP contribution in [0.2, 0.25) is 5.15 Å². The first-order chi connectivity index (χ1) is 6.91. The zero-order chi connectivity index (χ0) is 11.2. The monoisotopic (exact) mass is 247 g/mol. The number of nitrogens with one attached hydrogen (secondary N) is 1. The van der Waals surface area contributed by atoms with Crippen LogP contribution in [-0.4, -0.2) is 23.2 Å². The molecule has 0 saturated heterocycles. The number of nitrogens with two attached hydrogens (primary N) is 1. The maximum absolute atomic E-state index is 11.1. The van der Waals surface area contributed by atoms with Gasteiger partial charge < -0.3 is 5.73 Å². The molecule has 0 spiro atoms. The molecular weight excluding hydrogens is 242 g/mol. The topological polar surface area (TPSA) is 109 Å². The fraction of sp³-hybridized carbons (Fsp3) is 0. The molecule has 2 aromatic rings. The van der Waals surface area contributed by atoms with E-state index in [0.29, 0.717) is 5.52 Å². The van der Waals surface area contributed by atoms with Crippen molar-refractivity contribution in [1.29, 1.82) is 0 Å². The molecule has 0 aliphatic rings. The number of halogens is 1. The summed E-state index contributed by atoms with van der Waals surface area (Å²) in [5, 5.41) is 6.26. The van der Waals surface area contributed by atoms with Gasteiger partial charge in [-0.1, -0.05) is 11.6 Å².